The summed E-state index contributed by atoms with van der Waals surface area (Å²) >= 11 is 5.94. The zero-order chi connectivity index (χ0) is 18.2. The van der Waals surface area contributed by atoms with Crippen LogP contribution >= 0.6 is 11.6 Å². The zero-order valence-electron chi connectivity index (χ0n) is 13.3. The third-order valence-electron chi connectivity index (χ3n) is 3.77. The molecule has 0 aliphatic carbocycles. The first-order chi connectivity index (χ1) is 11.8. The lowest BCUT2D eigenvalue weighted by Gasteiger charge is -2.34. The van der Waals surface area contributed by atoms with Crippen molar-refractivity contribution in [2.45, 2.75) is 12.0 Å². The van der Waals surface area contributed by atoms with E-state index in [1.807, 2.05) is 4.90 Å². The van der Waals surface area contributed by atoms with Crippen molar-refractivity contribution in [1.29, 1.82) is 0 Å². The molecule has 0 radical (unpaired) electrons. The van der Waals surface area contributed by atoms with Crippen molar-refractivity contribution >= 4 is 33.3 Å². The van der Waals surface area contributed by atoms with E-state index in [9.17, 15) is 13.2 Å². The summed E-state index contributed by atoms with van der Waals surface area (Å²) in [5, 5.41) is 0.0443. The summed E-state index contributed by atoms with van der Waals surface area (Å²) in [6.45, 7) is 3.11. The van der Waals surface area contributed by atoms with Gasteiger partial charge >= 0.3 is 0 Å². The number of furan rings is 1. The van der Waals surface area contributed by atoms with Crippen molar-refractivity contribution in [2.24, 2.45) is 5.73 Å². The van der Waals surface area contributed by atoms with Gasteiger partial charge in [0.2, 0.25) is 5.09 Å². The molecule has 2 N–H and O–H groups in total. The van der Waals surface area contributed by atoms with Gasteiger partial charge in [-0.05, 0) is 19.1 Å². The van der Waals surface area contributed by atoms with Crippen molar-refractivity contribution in [3.63, 3.8) is 0 Å². The number of halogens is 1. The number of aromatic nitrogens is 2. The highest BCUT2D eigenvalue weighted by Crippen LogP contribution is 2.22. The highest BCUT2D eigenvalue weighted by molar-refractivity contribution is 7.89. The maximum Gasteiger partial charge on any atom is 0.284 e. The number of nitrogens with zero attached hydrogens (tertiary/aromatic N) is 4. The van der Waals surface area contributed by atoms with Gasteiger partial charge in [-0.1, -0.05) is 11.6 Å². The first-order valence-corrected chi connectivity index (χ1v) is 9.25. The van der Waals surface area contributed by atoms with Gasteiger partial charge < -0.3 is 15.1 Å². The van der Waals surface area contributed by atoms with Crippen molar-refractivity contribution < 1.29 is 17.6 Å². The molecular formula is C14H16ClN5O4S. The van der Waals surface area contributed by atoms with Crippen LogP contribution in [0.5, 0.6) is 0 Å². The molecule has 0 spiro atoms. The first kappa shape index (κ1) is 17.6. The number of amides is 1. The first-order valence-electron chi connectivity index (χ1n) is 7.43. The lowest BCUT2D eigenvalue weighted by molar-refractivity contribution is 0.0968. The molecule has 1 aliphatic heterocycles. The SMILES string of the molecule is Cc1nc(Cl)cc(N2CCN(S(=O)(=O)c3ccc(C(N)=O)o3)CC2)n1. The second kappa shape index (κ2) is 6.62. The summed E-state index contributed by atoms with van der Waals surface area (Å²) in [7, 11) is -3.82. The summed E-state index contributed by atoms with van der Waals surface area (Å²) in [4.78, 5) is 21.3. The Kier molecular flexibility index (Phi) is 4.67. The maximum absolute atomic E-state index is 12.6. The van der Waals surface area contributed by atoms with E-state index in [0.717, 1.165) is 0 Å². The standard InChI is InChI=1S/C14H16ClN5O4S/c1-9-17-11(15)8-12(18-9)19-4-6-20(7-5-19)25(22,23)13-3-2-10(24-13)14(16)21/h2-3,8H,4-7H2,1H3,(H2,16,21). The van der Waals surface area contributed by atoms with E-state index < -0.39 is 15.9 Å². The lowest BCUT2D eigenvalue weighted by Crippen LogP contribution is -2.48. The second-order valence-electron chi connectivity index (χ2n) is 5.47. The Bertz CT molecular complexity index is 885. The van der Waals surface area contributed by atoms with Crippen LogP contribution in [-0.2, 0) is 10.0 Å². The highest BCUT2D eigenvalue weighted by atomic mass is 35.5. The minimum atomic E-state index is -3.82. The minimum Gasteiger partial charge on any atom is -0.438 e. The molecule has 0 saturated carbocycles. The summed E-state index contributed by atoms with van der Waals surface area (Å²) in [6.07, 6.45) is 0. The van der Waals surface area contributed by atoms with Crippen LogP contribution in [0.1, 0.15) is 16.4 Å². The van der Waals surface area contributed by atoms with E-state index in [0.29, 0.717) is 29.9 Å². The predicted molar refractivity (Wildman–Crippen MR) is 90.0 cm³/mol. The van der Waals surface area contributed by atoms with Crippen molar-refractivity contribution in [3.8, 4) is 0 Å². The molecule has 2 aromatic rings. The van der Waals surface area contributed by atoms with E-state index in [1.165, 1.54) is 16.4 Å². The van der Waals surface area contributed by atoms with Crippen LogP contribution in [0.15, 0.2) is 27.7 Å². The number of piperazine rings is 1. The summed E-state index contributed by atoms with van der Waals surface area (Å²) < 4.78 is 31.5. The highest BCUT2D eigenvalue weighted by Gasteiger charge is 2.31. The quantitative estimate of drug-likeness (QED) is 0.766. The molecule has 1 saturated heterocycles. The molecule has 2 aromatic heterocycles. The van der Waals surface area contributed by atoms with E-state index in [-0.39, 0.29) is 23.9 Å². The fourth-order valence-electron chi connectivity index (χ4n) is 2.55. The number of carbonyl (C=O) groups is 1. The Labute approximate surface area is 149 Å². The molecular weight excluding hydrogens is 370 g/mol. The van der Waals surface area contributed by atoms with Gasteiger partial charge in [0.1, 0.15) is 16.8 Å². The van der Waals surface area contributed by atoms with Gasteiger partial charge in [0.05, 0.1) is 0 Å². The topological polar surface area (TPSA) is 123 Å². The number of rotatable bonds is 4. The fraction of sp³-hybridized carbons (Fsp3) is 0.357. The van der Waals surface area contributed by atoms with Crippen LogP contribution in [0.25, 0.3) is 0 Å². The van der Waals surface area contributed by atoms with Crippen molar-refractivity contribution in [1.82, 2.24) is 14.3 Å². The molecule has 9 nitrogen and oxygen atoms in total. The largest absolute Gasteiger partial charge is 0.438 e. The smallest absolute Gasteiger partial charge is 0.284 e. The third kappa shape index (κ3) is 3.60. The Balaban J connectivity index is 1.73. The monoisotopic (exact) mass is 385 g/mol. The number of sulfonamides is 1. The minimum absolute atomic E-state index is 0.191. The Morgan fingerprint density at radius 1 is 1.24 bits per heavy atom. The molecule has 1 fully saturated rings. The van der Waals surface area contributed by atoms with Crippen molar-refractivity contribution in [2.75, 3.05) is 31.1 Å². The summed E-state index contributed by atoms with van der Waals surface area (Å²) in [5.74, 6) is 0.196. The zero-order valence-corrected chi connectivity index (χ0v) is 14.9. The number of aryl methyl sites for hydroxylation is 1. The van der Waals surface area contributed by atoms with Crippen molar-refractivity contribution in [3.05, 3.63) is 34.9 Å². The van der Waals surface area contributed by atoms with Crippen LogP contribution in [0, 0.1) is 6.92 Å². The summed E-state index contributed by atoms with van der Waals surface area (Å²) in [6, 6.07) is 4.12. The normalized spacial score (nSPS) is 16.2. The molecule has 0 aromatic carbocycles. The van der Waals surface area contributed by atoms with E-state index in [1.54, 1.807) is 13.0 Å². The average molecular weight is 386 g/mol. The van der Waals surface area contributed by atoms with Gasteiger partial charge in [0, 0.05) is 32.2 Å². The van der Waals surface area contributed by atoms with Crippen LogP contribution < -0.4 is 10.6 Å². The molecule has 0 bridgehead atoms. The van der Waals surface area contributed by atoms with Gasteiger partial charge in [-0.3, -0.25) is 4.79 Å². The van der Waals surface area contributed by atoms with Crippen LogP contribution in [0.3, 0.4) is 0 Å². The molecule has 25 heavy (non-hydrogen) atoms. The predicted octanol–water partition coefficient (Wildman–Crippen LogP) is 0.641. The number of anilines is 1. The fourth-order valence-corrected chi connectivity index (χ4v) is 4.11. The van der Waals surface area contributed by atoms with Gasteiger partial charge in [-0.15, -0.1) is 0 Å². The number of nitrogens with two attached hydrogens (primary N) is 1. The lowest BCUT2D eigenvalue weighted by atomic mass is 10.3. The van der Waals surface area contributed by atoms with E-state index in [2.05, 4.69) is 9.97 Å². The van der Waals surface area contributed by atoms with Gasteiger partial charge in [-0.2, -0.15) is 4.31 Å². The van der Waals surface area contributed by atoms with Gasteiger partial charge in [0.15, 0.2) is 5.76 Å². The molecule has 3 heterocycles. The number of hydrogen-bond donors (Lipinski definition) is 1. The third-order valence-corrected chi connectivity index (χ3v) is 5.74. The van der Waals surface area contributed by atoms with E-state index >= 15 is 0 Å². The number of primary amides is 1. The van der Waals surface area contributed by atoms with Gasteiger partial charge in [-0.25, -0.2) is 18.4 Å². The molecule has 134 valence electrons. The van der Waals surface area contributed by atoms with Crippen LogP contribution in [-0.4, -0.2) is 54.8 Å². The molecule has 0 unspecified atom stereocenters. The molecule has 0 atom stereocenters. The van der Waals surface area contributed by atoms with Gasteiger partial charge in [0.25, 0.3) is 15.9 Å². The maximum atomic E-state index is 12.6. The number of hydrogen-bond acceptors (Lipinski definition) is 7. The Morgan fingerprint density at radius 2 is 1.92 bits per heavy atom. The molecule has 11 heteroatoms. The van der Waals surface area contributed by atoms with E-state index in [4.69, 9.17) is 21.8 Å². The molecule has 1 aliphatic rings. The second-order valence-corrected chi connectivity index (χ2v) is 7.73. The molecule has 3 rings (SSSR count). The average Bonchev–Trinajstić information content (AvgIpc) is 3.05. The Hall–Kier alpha value is -2.17. The van der Waals surface area contributed by atoms with Crippen LogP contribution in [0.4, 0.5) is 5.82 Å². The Morgan fingerprint density at radius 3 is 2.48 bits per heavy atom. The van der Waals surface area contributed by atoms with Crippen LogP contribution in [0.2, 0.25) is 5.15 Å². The number of carbonyl (C=O) groups excluding carboxylic acids is 1. The summed E-state index contributed by atoms with van der Waals surface area (Å²) in [5.41, 5.74) is 5.09. The molecule has 1 amide bonds.